The zero-order chi connectivity index (χ0) is 18.5. The Hall–Kier alpha value is -2.41. The van der Waals surface area contributed by atoms with Crippen LogP contribution in [0.4, 0.5) is 0 Å². The number of hydrogen-bond donors (Lipinski definition) is 1. The van der Waals surface area contributed by atoms with Gasteiger partial charge in [0.15, 0.2) is 0 Å². The zero-order valence-electron chi connectivity index (χ0n) is 15.3. The third-order valence-corrected chi connectivity index (χ3v) is 4.82. The molecule has 140 valence electrons. The number of aromatic nitrogens is 3. The Balaban J connectivity index is 1.73. The second-order valence-electron chi connectivity index (χ2n) is 6.52. The van der Waals surface area contributed by atoms with Crippen LogP contribution in [0.3, 0.4) is 0 Å². The predicted molar refractivity (Wildman–Crippen MR) is 96.6 cm³/mol. The molecule has 2 aromatic rings. The number of amides is 1. The van der Waals surface area contributed by atoms with Gasteiger partial charge in [0.2, 0.25) is 5.91 Å². The van der Waals surface area contributed by atoms with Crippen molar-refractivity contribution < 1.29 is 14.6 Å². The van der Waals surface area contributed by atoms with Crippen molar-refractivity contribution in [2.75, 3.05) is 13.1 Å². The number of aliphatic hydroxyl groups is 1. The van der Waals surface area contributed by atoms with Gasteiger partial charge in [0, 0.05) is 13.1 Å². The number of carbonyl (C=O) groups excluding carboxylic acids is 1. The maximum atomic E-state index is 12.5. The lowest BCUT2D eigenvalue weighted by Crippen LogP contribution is -2.42. The highest BCUT2D eigenvalue weighted by Gasteiger charge is 2.30. The standard InChI is InChI=1S/C19H26N4O3/c1-3-18(26-15-9-7-14(13-24)8-10-15)16-12-23(21-20-16)17-6-5-11-22(4-2)19(17)25/h7-10,12,17-18,24H,3-6,11,13H2,1-2H3. The van der Waals surface area contributed by atoms with Gasteiger partial charge in [0.05, 0.1) is 12.8 Å². The highest BCUT2D eigenvalue weighted by molar-refractivity contribution is 5.81. The molecule has 1 fully saturated rings. The fraction of sp³-hybridized carbons (Fsp3) is 0.526. The number of nitrogens with zero attached hydrogens (tertiary/aromatic N) is 4. The summed E-state index contributed by atoms with van der Waals surface area (Å²) in [7, 11) is 0. The van der Waals surface area contributed by atoms with E-state index in [9.17, 15) is 4.79 Å². The molecule has 26 heavy (non-hydrogen) atoms. The summed E-state index contributed by atoms with van der Waals surface area (Å²) < 4.78 is 7.71. The SMILES string of the molecule is CCC(Oc1ccc(CO)cc1)c1cn(C2CCCN(CC)C2=O)nn1. The number of likely N-dealkylation sites (tertiary alicyclic amines) is 1. The highest BCUT2D eigenvalue weighted by atomic mass is 16.5. The first-order chi connectivity index (χ1) is 12.7. The van der Waals surface area contributed by atoms with E-state index in [0.717, 1.165) is 49.4 Å². The summed E-state index contributed by atoms with van der Waals surface area (Å²) in [5.74, 6) is 0.832. The molecule has 1 aromatic carbocycles. The van der Waals surface area contributed by atoms with Crippen LogP contribution in [0.2, 0.25) is 0 Å². The second-order valence-corrected chi connectivity index (χ2v) is 6.52. The van der Waals surface area contributed by atoms with Crippen LogP contribution in [0.15, 0.2) is 30.5 Å². The molecule has 0 bridgehead atoms. The molecule has 7 nitrogen and oxygen atoms in total. The number of ether oxygens (including phenoxy) is 1. The van der Waals surface area contributed by atoms with Crippen molar-refractivity contribution in [3.05, 3.63) is 41.7 Å². The number of benzene rings is 1. The predicted octanol–water partition coefficient (Wildman–Crippen LogP) is 2.48. The lowest BCUT2D eigenvalue weighted by Gasteiger charge is -2.31. The normalized spacial score (nSPS) is 18.8. The molecule has 1 amide bonds. The van der Waals surface area contributed by atoms with Crippen molar-refractivity contribution in [2.24, 2.45) is 0 Å². The fourth-order valence-electron chi connectivity index (χ4n) is 3.26. The van der Waals surface area contributed by atoms with E-state index in [1.807, 2.05) is 49.2 Å². The van der Waals surface area contributed by atoms with E-state index >= 15 is 0 Å². The maximum absolute atomic E-state index is 12.5. The summed E-state index contributed by atoms with van der Waals surface area (Å²) in [6, 6.07) is 7.06. The van der Waals surface area contributed by atoms with Crippen molar-refractivity contribution in [2.45, 2.75) is 51.9 Å². The Labute approximate surface area is 153 Å². The largest absolute Gasteiger partial charge is 0.484 e. The lowest BCUT2D eigenvalue weighted by molar-refractivity contribution is -0.137. The number of likely N-dealkylation sites (N-methyl/N-ethyl adjacent to an activating group) is 1. The molecule has 0 saturated carbocycles. The molecule has 7 heteroatoms. The van der Waals surface area contributed by atoms with Gasteiger partial charge in [-0.15, -0.1) is 5.10 Å². The number of piperidine rings is 1. The quantitative estimate of drug-likeness (QED) is 0.822. The smallest absolute Gasteiger partial charge is 0.247 e. The topological polar surface area (TPSA) is 80.5 Å². The summed E-state index contributed by atoms with van der Waals surface area (Å²) >= 11 is 0. The fourth-order valence-corrected chi connectivity index (χ4v) is 3.26. The minimum absolute atomic E-state index is 0.00993. The lowest BCUT2D eigenvalue weighted by atomic mass is 10.1. The van der Waals surface area contributed by atoms with Gasteiger partial charge in [-0.1, -0.05) is 24.3 Å². The molecule has 1 N–H and O–H groups in total. The van der Waals surface area contributed by atoms with Crippen LogP contribution in [0.25, 0.3) is 0 Å². The van der Waals surface area contributed by atoms with Gasteiger partial charge in [-0.05, 0) is 43.9 Å². The van der Waals surface area contributed by atoms with Gasteiger partial charge in [0.1, 0.15) is 23.6 Å². The van der Waals surface area contributed by atoms with Crippen molar-refractivity contribution >= 4 is 5.91 Å². The molecule has 3 rings (SSSR count). The summed E-state index contributed by atoms with van der Waals surface area (Å²) in [6.07, 6.45) is 4.10. The van der Waals surface area contributed by atoms with E-state index < -0.39 is 0 Å². The average Bonchev–Trinajstić information content (AvgIpc) is 3.16. The summed E-state index contributed by atoms with van der Waals surface area (Å²) in [6.45, 7) is 5.57. The van der Waals surface area contributed by atoms with E-state index in [-0.39, 0.29) is 24.7 Å². The van der Waals surface area contributed by atoms with Crippen molar-refractivity contribution in [1.29, 1.82) is 0 Å². The van der Waals surface area contributed by atoms with Crippen LogP contribution in [-0.4, -0.2) is 44.0 Å². The van der Waals surface area contributed by atoms with Crippen molar-refractivity contribution in [3.63, 3.8) is 0 Å². The Bertz CT molecular complexity index is 729. The minimum atomic E-state index is -0.272. The number of hydrogen-bond acceptors (Lipinski definition) is 5. The van der Waals surface area contributed by atoms with Gasteiger partial charge < -0.3 is 14.7 Å². The Morgan fingerprint density at radius 2 is 2.08 bits per heavy atom. The maximum Gasteiger partial charge on any atom is 0.247 e. The molecule has 1 aliphatic rings. The molecule has 0 radical (unpaired) electrons. The third kappa shape index (κ3) is 3.88. The average molecular weight is 358 g/mol. The van der Waals surface area contributed by atoms with Crippen LogP contribution in [0.1, 0.15) is 56.5 Å². The monoisotopic (exact) mass is 358 g/mol. The highest BCUT2D eigenvalue weighted by Crippen LogP contribution is 2.26. The van der Waals surface area contributed by atoms with Crippen molar-refractivity contribution in [1.82, 2.24) is 19.9 Å². The molecule has 1 aliphatic heterocycles. The van der Waals surface area contributed by atoms with Crippen LogP contribution in [0, 0.1) is 0 Å². The molecule has 2 atom stereocenters. The van der Waals surface area contributed by atoms with E-state index in [2.05, 4.69) is 10.3 Å². The molecule has 0 aliphatic carbocycles. The summed E-state index contributed by atoms with van der Waals surface area (Å²) in [4.78, 5) is 14.4. The van der Waals surface area contributed by atoms with Gasteiger partial charge in [0.25, 0.3) is 0 Å². The van der Waals surface area contributed by atoms with Crippen LogP contribution < -0.4 is 4.74 Å². The van der Waals surface area contributed by atoms with E-state index in [0.29, 0.717) is 0 Å². The number of rotatable bonds is 7. The van der Waals surface area contributed by atoms with E-state index in [1.54, 1.807) is 4.68 Å². The van der Waals surface area contributed by atoms with Crippen LogP contribution >= 0.6 is 0 Å². The Morgan fingerprint density at radius 1 is 1.31 bits per heavy atom. The van der Waals surface area contributed by atoms with Gasteiger partial charge in [-0.25, -0.2) is 4.68 Å². The molecular weight excluding hydrogens is 332 g/mol. The first-order valence-electron chi connectivity index (χ1n) is 9.23. The molecule has 0 spiro atoms. The molecule has 2 unspecified atom stereocenters. The molecular formula is C19H26N4O3. The van der Waals surface area contributed by atoms with E-state index in [4.69, 9.17) is 9.84 Å². The first-order valence-corrected chi connectivity index (χ1v) is 9.23. The zero-order valence-corrected chi connectivity index (χ0v) is 15.3. The van der Waals surface area contributed by atoms with Gasteiger partial charge in [-0.2, -0.15) is 0 Å². The molecule has 1 aromatic heterocycles. The first kappa shape index (κ1) is 18.4. The van der Waals surface area contributed by atoms with Gasteiger partial charge in [-0.3, -0.25) is 4.79 Å². The third-order valence-electron chi connectivity index (χ3n) is 4.82. The van der Waals surface area contributed by atoms with Crippen LogP contribution in [-0.2, 0) is 11.4 Å². The number of aliphatic hydroxyl groups excluding tert-OH is 1. The number of carbonyl (C=O) groups is 1. The molecule has 1 saturated heterocycles. The Morgan fingerprint density at radius 3 is 2.73 bits per heavy atom. The van der Waals surface area contributed by atoms with Crippen LogP contribution in [0.5, 0.6) is 5.75 Å². The second kappa shape index (κ2) is 8.31. The Kier molecular flexibility index (Phi) is 5.88. The summed E-state index contributed by atoms with van der Waals surface area (Å²) in [5, 5.41) is 17.6. The summed E-state index contributed by atoms with van der Waals surface area (Å²) in [5.41, 5.74) is 1.56. The minimum Gasteiger partial charge on any atom is -0.484 e. The molecule has 2 heterocycles. The van der Waals surface area contributed by atoms with Gasteiger partial charge >= 0.3 is 0 Å². The van der Waals surface area contributed by atoms with Crippen molar-refractivity contribution in [3.8, 4) is 5.75 Å². The van der Waals surface area contributed by atoms with E-state index in [1.165, 1.54) is 0 Å².